The molecule has 0 aromatic heterocycles. The predicted molar refractivity (Wildman–Crippen MR) is 100 cm³/mol. The van der Waals surface area contributed by atoms with Gasteiger partial charge in [-0.05, 0) is 20.8 Å². The van der Waals surface area contributed by atoms with E-state index in [1.165, 1.54) is 25.1 Å². The van der Waals surface area contributed by atoms with Crippen molar-refractivity contribution in [1.29, 1.82) is 0 Å². The normalized spacial score (nSPS) is 20.6. The van der Waals surface area contributed by atoms with E-state index in [0.717, 1.165) is 0 Å². The number of halogens is 1. The number of benzene rings is 1. The maximum absolute atomic E-state index is 15.2. The number of ether oxygens (including phenoxy) is 2. The van der Waals surface area contributed by atoms with Crippen LogP contribution < -0.4 is 19.9 Å². The fourth-order valence-corrected chi connectivity index (χ4v) is 3.25. The second-order valence-corrected chi connectivity index (χ2v) is 7.36. The van der Waals surface area contributed by atoms with Crippen molar-refractivity contribution >= 4 is 29.2 Å². The topological polar surface area (TPSA) is 92.7 Å². The number of rotatable bonds is 3. The van der Waals surface area contributed by atoms with E-state index in [-0.39, 0.29) is 30.3 Å². The maximum atomic E-state index is 15.2. The lowest BCUT2D eigenvalue weighted by molar-refractivity contribution is -0.127. The van der Waals surface area contributed by atoms with Crippen molar-refractivity contribution in [1.82, 2.24) is 5.32 Å². The van der Waals surface area contributed by atoms with Crippen molar-refractivity contribution in [2.75, 3.05) is 37.1 Å². The van der Waals surface area contributed by atoms with Gasteiger partial charge in [0.15, 0.2) is 17.8 Å². The molecule has 2 heterocycles. The Bertz CT molecular complexity index is 836. The van der Waals surface area contributed by atoms with Gasteiger partial charge >= 0.3 is 6.09 Å². The number of amides is 2. The van der Waals surface area contributed by atoms with Crippen molar-refractivity contribution in [2.24, 2.45) is 5.16 Å². The molecule has 0 aliphatic carbocycles. The molecule has 2 aliphatic rings. The van der Waals surface area contributed by atoms with Gasteiger partial charge < -0.3 is 24.5 Å². The van der Waals surface area contributed by atoms with E-state index in [1.807, 2.05) is 20.8 Å². The van der Waals surface area contributed by atoms with Crippen LogP contribution in [0.15, 0.2) is 17.3 Å². The molecule has 0 spiro atoms. The van der Waals surface area contributed by atoms with Gasteiger partial charge in [-0.3, -0.25) is 9.69 Å². The number of amidine groups is 1. The quantitative estimate of drug-likeness (QED) is 0.787. The molecule has 0 bridgehead atoms. The smallest absolute Gasteiger partial charge is 0.415 e. The summed E-state index contributed by atoms with van der Waals surface area (Å²) >= 11 is 0. The highest BCUT2D eigenvalue weighted by Gasteiger charge is 2.40. The Balaban J connectivity index is 2.01. The lowest BCUT2D eigenvalue weighted by atomic mass is 10.0. The second-order valence-electron chi connectivity index (χ2n) is 7.36. The number of oxime groups is 1. The Morgan fingerprint density at radius 3 is 2.71 bits per heavy atom. The average molecular weight is 394 g/mol. The number of fused-ring (bicyclic) bond motifs is 1. The van der Waals surface area contributed by atoms with E-state index in [4.69, 9.17) is 14.3 Å². The molecule has 9 nitrogen and oxygen atoms in total. The highest BCUT2D eigenvalue weighted by Crippen LogP contribution is 2.42. The molecule has 3 rings (SSSR count). The molecule has 0 unspecified atom stereocenters. The van der Waals surface area contributed by atoms with Gasteiger partial charge in [0.2, 0.25) is 0 Å². The van der Waals surface area contributed by atoms with Crippen LogP contribution >= 0.6 is 0 Å². The number of nitrogens with one attached hydrogen (secondary N) is 1. The van der Waals surface area contributed by atoms with Crippen LogP contribution in [0.3, 0.4) is 0 Å². The Labute approximate surface area is 162 Å². The Morgan fingerprint density at radius 1 is 1.39 bits per heavy atom. The molecule has 1 atom stereocenters. The van der Waals surface area contributed by atoms with E-state index in [1.54, 1.807) is 11.0 Å². The first-order valence-electron chi connectivity index (χ1n) is 8.73. The predicted octanol–water partition coefficient (Wildman–Crippen LogP) is 1.85. The zero-order chi connectivity index (χ0) is 20.6. The van der Waals surface area contributed by atoms with E-state index in [2.05, 4.69) is 10.5 Å². The van der Waals surface area contributed by atoms with Gasteiger partial charge in [-0.15, -0.1) is 0 Å². The summed E-state index contributed by atoms with van der Waals surface area (Å²) in [6, 6.07) is 2.76. The molecule has 2 amide bonds. The third-order valence-electron chi connectivity index (χ3n) is 4.38. The van der Waals surface area contributed by atoms with Gasteiger partial charge in [-0.2, -0.15) is 0 Å². The number of likely N-dealkylation sites (N-methyl/N-ethyl adjacent to an activating group) is 1. The lowest BCUT2D eigenvalue weighted by Crippen LogP contribution is -2.51. The summed E-state index contributed by atoms with van der Waals surface area (Å²) < 4.78 is 25.9. The van der Waals surface area contributed by atoms with E-state index < -0.39 is 29.5 Å². The fourth-order valence-electron chi connectivity index (χ4n) is 3.25. The molecule has 1 aromatic carbocycles. The molecule has 1 N–H and O–H groups in total. The van der Waals surface area contributed by atoms with Crippen molar-refractivity contribution in [3.63, 3.8) is 0 Å². The summed E-state index contributed by atoms with van der Waals surface area (Å²) in [7, 11) is 2.86. The van der Waals surface area contributed by atoms with Crippen molar-refractivity contribution in [3.05, 3.63) is 17.9 Å². The van der Waals surface area contributed by atoms with Crippen molar-refractivity contribution in [3.8, 4) is 5.75 Å². The van der Waals surface area contributed by atoms with Crippen LogP contribution in [0.2, 0.25) is 0 Å². The van der Waals surface area contributed by atoms with Gasteiger partial charge in [-0.25, -0.2) is 9.18 Å². The van der Waals surface area contributed by atoms with E-state index in [9.17, 15) is 9.59 Å². The van der Waals surface area contributed by atoms with Crippen LogP contribution in [-0.4, -0.2) is 56.8 Å². The molecule has 0 radical (unpaired) electrons. The molecule has 28 heavy (non-hydrogen) atoms. The standard InChI is InChI=1S/C18H23FN4O5/c1-18(2,3)23-14(21-26-5)9-27-12-7-10(6-11(19)15(12)23)22-8-13(16(24)20-4)28-17(22)25/h6-7,13H,8-9H2,1-5H3,(H,20,24)/t13-/m1/s1. The number of cyclic esters (lactones) is 1. The van der Waals surface area contributed by atoms with Crippen LogP contribution in [0.1, 0.15) is 20.8 Å². The van der Waals surface area contributed by atoms with Gasteiger partial charge in [0.25, 0.3) is 5.91 Å². The van der Waals surface area contributed by atoms with Crippen LogP contribution in [-0.2, 0) is 14.4 Å². The van der Waals surface area contributed by atoms with Crippen LogP contribution in [0.25, 0.3) is 0 Å². The molecule has 10 heteroatoms. The highest BCUT2D eigenvalue weighted by molar-refractivity contribution is 6.03. The third-order valence-corrected chi connectivity index (χ3v) is 4.38. The number of nitrogens with zero attached hydrogens (tertiary/aromatic N) is 3. The largest absolute Gasteiger partial charge is 0.483 e. The number of hydrogen-bond donors (Lipinski definition) is 1. The lowest BCUT2D eigenvalue weighted by Gasteiger charge is -2.41. The third kappa shape index (κ3) is 3.41. The van der Waals surface area contributed by atoms with Gasteiger partial charge in [-0.1, -0.05) is 5.16 Å². The van der Waals surface area contributed by atoms with Gasteiger partial charge in [0, 0.05) is 24.7 Å². The first-order valence-corrected chi connectivity index (χ1v) is 8.73. The van der Waals surface area contributed by atoms with E-state index in [0.29, 0.717) is 5.84 Å². The average Bonchev–Trinajstić information content (AvgIpc) is 3.02. The fraction of sp³-hybridized carbons (Fsp3) is 0.500. The Morgan fingerprint density at radius 2 is 2.11 bits per heavy atom. The SMILES string of the molecule is CNC(=O)[C@H]1CN(c2cc(F)c3c(c2)OCC(=NOC)N3C(C)(C)C)C(=O)O1. The maximum Gasteiger partial charge on any atom is 0.415 e. The van der Waals surface area contributed by atoms with Crippen LogP contribution in [0.5, 0.6) is 5.75 Å². The number of carbonyl (C=O) groups excluding carboxylic acids is 2. The van der Waals surface area contributed by atoms with Crippen molar-refractivity contribution < 1.29 is 28.3 Å². The van der Waals surface area contributed by atoms with Gasteiger partial charge in [0.05, 0.1) is 12.2 Å². The zero-order valence-electron chi connectivity index (χ0n) is 16.4. The van der Waals surface area contributed by atoms with Gasteiger partial charge in [0.1, 0.15) is 25.2 Å². The summed E-state index contributed by atoms with van der Waals surface area (Å²) in [5.74, 6) is -0.336. The van der Waals surface area contributed by atoms with Crippen molar-refractivity contribution in [2.45, 2.75) is 32.4 Å². The molecule has 1 aromatic rings. The zero-order valence-corrected chi connectivity index (χ0v) is 16.4. The molecule has 1 fully saturated rings. The summed E-state index contributed by atoms with van der Waals surface area (Å²) in [4.78, 5) is 31.7. The van der Waals surface area contributed by atoms with Crippen LogP contribution in [0.4, 0.5) is 20.6 Å². The summed E-state index contributed by atoms with van der Waals surface area (Å²) in [5, 5.41) is 6.37. The molecular weight excluding hydrogens is 371 g/mol. The highest BCUT2D eigenvalue weighted by atomic mass is 19.1. The molecule has 152 valence electrons. The molecule has 0 saturated carbocycles. The molecule has 1 saturated heterocycles. The molecule has 2 aliphatic heterocycles. The number of carbonyl (C=O) groups is 2. The summed E-state index contributed by atoms with van der Waals surface area (Å²) in [5.41, 5.74) is -0.0582. The first-order chi connectivity index (χ1) is 13.2. The Kier molecular flexibility index (Phi) is 5.05. The minimum atomic E-state index is -0.955. The molecular formula is C18H23FN4O5. The first kappa shape index (κ1) is 19.7. The minimum absolute atomic E-state index is 0.0178. The van der Waals surface area contributed by atoms with E-state index >= 15 is 4.39 Å². The summed E-state index contributed by atoms with van der Waals surface area (Å²) in [6.07, 6.45) is -1.68. The minimum Gasteiger partial charge on any atom is -0.483 e. The summed E-state index contributed by atoms with van der Waals surface area (Å²) in [6.45, 7) is 5.79. The Hall–Kier alpha value is -3.04. The monoisotopic (exact) mass is 394 g/mol. The van der Waals surface area contributed by atoms with Crippen LogP contribution in [0, 0.1) is 5.82 Å². The second kappa shape index (κ2) is 7.17. The number of hydrogen-bond acceptors (Lipinski definition) is 6. The number of anilines is 2.